The molecule has 0 radical (unpaired) electrons. The highest BCUT2D eigenvalue weighted by Crippen LogP contribution is 2.38. The smallest absolute Gasteiger partial charge is 0.260 e. The number of carbonyl (C=O) groups excluding carboxylic acids is 1. The third kappa shape index (κ3) is 4.26. The fourth-order valence-corrected chi connectivity index (χ4v) is 4.64. The minimum atomic E-state index is 0.000157. The van der Waals surface area contributed by atoms with E-state index in [4.69, 9.17) is 26.1 Å². The number of nitrogens with zero attached hydrogens (tertiary/aromatic N) is 3. The maximum Gasteiger partial charge on any atom is 0.260 e. The van der Waals surface area contributed by atoms with Gasteiger partial charge in [0.15, 0.2) is 11.7 Å². The van der Waals surface area contributed by atoms with Crippen molar-refractivity contribution in [3.8, 4) is 11.5 Å². The van der Waals surface area contributed by atoms with E-state index in [2.05, 4.69) is 4.90 Å². The van der Waals surface area contributed by atoms with Crippen molar-refractivity contribution < 1.29 is 14.3 Å². The Hall–Kier alpha value is -2.51. The second kappa shape index (κ2) is 8.47. The van der Waals surface area contributed by atoms with Gasteiger partial charge in [0.1, 0.15) is 17.0 Å². The number of rotatable bonds is 5. The molecule has 1 aromatic heterocycles. The molecule has 4 rings (SSSR count). The second-order valence-corrected chi connectivity index (χ2v) is 8.28. The van der Waals surface area contributed by atoms with Crippen LogP contribution in [0.1, 0.15) is 5.56 Å². The topological polar surface area (TPSA) is 54.9 Å². The standard InChI is InChI=1S/C21H22ClN3O3S/c1-14-4-3-5-15(12-14)28-13-18(26)24-8-10-25(11-9-24)21-23-19-17(27-2)7-6-16(22)20(19)29-21/h3-7,12H,8-11,13H2,1-2H3. The molecule has 0 atom stereocenters. The van der Waals surface area contributed by atoms with Gasteiger partial charge in [0, 0.05) is 26.2 Å². The number of ether oxygens (including phenoxy) is 2. The Morgan fingerprint density at radius 3 is 2.72 bits per heavy atom. The molecule has 1 amide bonds. The highest BCUT2D eigenvalue weighted by atomic mass is 35.5. The number of thiazole rings is 1. The number of amides is 1. The number of fused-ring (bicyclic) bond motifs is 1. The molecule has 0 unspecified atom stereocenters. The molecule has 0 N–H and O–H groups in total. The summed E-state index contributed by atoms with van der Waals surface area (Å²) in [7, 11) is 1.63. The summed E-state index contributed by atoms with van der Waals surface area (Å²) in [6.07, 6.45) is 0. The average Bonchev–Trinajstić information content (AvgIpc) is 3.19. The summed E-state index contributed by atoms with van der Waals surface area (Å²) in [4.78, 5) is 21.3. The van der Waals surface area contributed by atoms with E-state index < -0.39 is 0 Å². The Labute approximate surface area is 178 Å². The fraction of sp³-hybridized carbons (Fsp3) is 0.333. The zero-order valence-corrected chi connectivity index (χ0v) is 17.9. The minimum absolute atomic E-state index is 0.000157. The van der Waals surface area contributed by atoms with Crippen molar-refractivity contribution in [3.63, 3.8) is 0 Å². The van der Waals surface area contributed by atoms with Crippen molar-refractivity contribution in [2.75, 3.05) is 44.8 Å². The van der Waals surface area contributed by atoms with Gasteiger partial charge in [-0.25, -0.2) is 4.98 Å². The Morgan fingerprint density at radius 2 is 2.00 bits per heavy atom. The molecule has 0 aliphatic carbocycles. The zero-order chi connectivity index (χ0) is 20.4. The van der Waals surface area contributed by atoms with Gasteiger partial charge >= 0.3 is 0 Å². The lowest BCUT2D eigenvalue weighted by Gasteiger charge is -2.34. The number of hydrogen-bond donors (Lipinski definition) is 0. The van der Waals surface area contributed by atoms with Crippen LogP contribution < -0.4 is 14.4 Å². The Morgan fingerprint density at radius 1 is 1.21 bits per heavy atom. The number of carbonyl (C=O) groups is 1. The maximum atomic E-state index is 12.5. The van der Waals surface area contributed by atoms with Crippen LogP contribution in [0.5, 0.6) is 11.5 Å². The van der Waals surface area contributed by atoms with E-state index in [0.717, 1.165) is 39.8 Å². The first kappa shape index (κ1) is 19.8. The Bertz CT molecular complexity index is 1030. The van der Waals surface area contributed by atoms with E-state index in [1.165, 1.54) is 0 Å². The fourth-order valence-electron chi connectivity index (χ4n) is 3.33. The average molecular weight is 432 g/mol. The van der Waals surface area contributed by atoms with Gasteiger partial charge in [-0.3, -0.25) is 4.79 Å². The van der Waals surface area contributed by atoms with Crippen LogP contribution in [0, 0.1) is 6.92 Å². The van der Waals surface area contributed by atoms with Gasteiger partial charge in [0.25, 0.3) is 5.91 Å². The zero-order valence-electron chi connectivity index (χ0n) is 16.4. The molecule has 1 aliphatic heterocycles. The molecule has 152 valence electrons. The highest BCUT2D eigenvalue weighted by molar-refractivity contribution is 7.22. The molecule has 29 heavy (non-hydrogen) atoms. The lowest BCUT2D eigenvalue weighted by molar-refractivity contribution is -0.133. The second-order valence-electron chi connectivity index (χ2n) is 6.90. The van der Waals surface area contributed by atoms with Crippen LogP contribution in [0.15, 0.2) is 36.4 Å². The maximum absolute atomic E-state index is 12.5. The van der Waals surface area contributed by atoms with Gasteiger partial charge in [0.2, 0.25) is 0 Å². The molecule has 3 aromatic rings. The van der Waals surface area contributed by atoms with Crippen LogP contribution >= 0.6 is 22.9 Å². The number of halogens is 1. The summed E-state index contributed by atoms with van der Waals surface area (Å²) in [5.74, 6) is 1.44. The number of benzene rings is 2. The van der Waals surface area contributed by atoms with Crippen molar-refractivity contribution in [2.45, 2.75) is 6.92 Å². The van der Waals surface area contributed by atoms with Gasteiger partial charge < -0.3 is 19.3 Å². The van der Waals surface area contributed by atoms with Gasteiger partial charge in [-0.1, -0.05) is 35.1 Å². The van der Waals surface area contributed by atoms with Crippen molar-refractivity contribution in [1.82, 2.24) is 9.88 Å². The third-order valence-corrected chi connectivity index (χ3v) is 6.50. The van der Waals surface area contributed by atoms with E-state index in [-0.39, 0.29) is 12.5 Å². The minimum Gasteiger partial charge on any atom is -0.494 e. The molecule has 1 fully saturated rings. The van der Waals surface area contributed by atoms with E-state index in [0.29, 0.717) is 23.9 Å². The molecule has 0 bridgehead atoms. The molecule has 1 aliphatic rings. The van der Waals surface area contributed by atoms with Crippen LogP contribution in [-0.2, 0) is 4.79 Å². The first-order valence-corrected chi connectivity index (χ1v) is 10.6. The first-order valence-electron chi connectivity index (χ1n) is 9.40. The number of piperazine rings is 1. The normalized spacial score (nSPS) is 14.3. The van der Waals surface area contributed by atoms with Gasteiger partial charge in [-0.2, -0.15) is 0 Å². The lowest BCUT2D eigenvalue weighted by Crippen LogP contribution is -2.50. The van der Waals surface area contributed by atoms with Crippen LogP contribution in [-0.4, -0.2) is 55.7 Å². The van der Waals surface area contributed by atoms with Gasteiger partial charge in [-0.15, -0.1) is 0 Å². The third-order valence-electron chi connectivity index (χ3n) is 4.92. The number of methoxy groups -OCH3 is 1. The predicted octanol–water partition coefficient (Wildman–Crippen LogP) is 3.99. The van der Waals surface area contributed by atoms with E-state index in [1.54, 1.807) is 18.4 Å². The molecule has 2 aromatic carbocycles. The Balaban J connectivity index is 1.37. The first-order chi connectivity index (χ1) is 14.0. The van der Waals surface area contributed by atoms with Crippen LogP contribution in [0.2, 0.25) is 5.02 Å². The molecule has 2 heterocycles. The van der Waals surface area contributed by atoms with Crippen molar-refractivity contribution in [2.24, 2.45) is 0 Å². The van der Waals surface area contributed by atoms with Crippen molar-refractivity contribution in [3.05, 3.63) is 47.0 Å². The van der Waals surface area contributed by atoms with Crippen LogP contribution in [0.4, 0.5) is 5.13 Å². The summed E-state index contributed by atoms with van der Waals surface area (Å²) in [5.41, 5.74) is 1.89. The van der Waals surface area contributed by atoms with Crippen LogP contribution in [0.25, 0.3) is 10.2 Å². The quantitative estimate of drug-likeness (QED) is 0.611. The van der Waals surface area contributed by atoms with Crippen molar-refractivity contribution in [1.29, 1.82) is 0 Å². The molecule has 1 saturated heterocycles. The molecule has 0 spiro atoms. The number of aromatic nitrogens is 1. The lowest BCUT2D eigenvalue weighted by atomic mass is 10.2. The predicted molar refractivity (Wildman–Crippen MR) is 117 cm³/mol. The monoisotopic (exact) mass is 431 g/mol. The van der Waals surface area contributed by atoms with E-state index >= 15 is 0 Å². The SMILES string of the molecule is COc1ccc(Cl)c2sc(N3CCN(C(=O)COc4cccc(C)c4)CC3)nc12. The summed E-state index contributed by atoms with van der Waals surface area (Å²) >= 11 is 7.88. The number of hydrogen-bond acceptors (Lipinski definition) is 6. The molecule has 8 heteroatoms. The summed E-state index contributed by atoms with van der Waals surface area (Å²) in [6.45, 7) is 4.76. The summed E-state index contributed by atoms with van der Waals surface area (Å²) < 4.78 is 12.0. The molecular formula is C21H22ClN3O3S. The van der Waals surface area contributed by atoms with Gasteiger partial charge in [0.05, 0.1) is 16.8 Å². The van der Waals surface area contributed by atoms with E-state index in [9.17, 15) is 4.79 Å². The molecule has 0 saturated carbocycles. The summed E-state index contributed by atoms with van der Waals surface area (Å²) in [6, 6.07) is 11.4. The molecule has 6 nitrogen and oxygen atoms in total. The summed E-state index contributed by atoms with van der Waals surface area (Å²) in [5, 5.41) is 1.57. The van der Waals surface area contributed by atoms with Gasteiger partial charge in [-0.05, 0) is 36.8 Å². The number of aryl methyl sites for hydroxylation is 1. The van der Waals surface area contributed by atoms with Crippen molar-refractivity contribution >= 4 is 44.2 Å². The van der Waals surface area contributed by atoms with Crippen LogP contribution in [0.3, 0.4) is 0 Å². The Kier molecular flexibility index (Phi) is 5.78. The van der Waals surface area contributed by atoms with E-state index in [1.807, 2.05) is 48.2 Å². The highest BCUT2D eigenvalue weighted by Gasteiger charge is 2.24. The molecular weight excluding hydrogens is 410 g/mol. The largest absolute Gasteiger partial charge is 0.494 e. The number of anilines is 1.